The number of carbonyl (C=O) groups is 1. The summed E-state index contributed by atoms with van der Waals surface area (Å²) >= 11 is 5.81. The van der Waals surface area contributed by atoms with Gasteiger partial charge in [-0.05, 0) is 31.9 Å². The Bertz CT molecular complexity index is 806. The molecule has 1 fully saturated rings. The minimum absolute atomic E-state index is 0.0942. The number of carbonyl (C=O) groups excluding carboxylic acids is 1. The zero-order valence-corrected chi connectivity index (χ0v) is 14.2. The number of aliphatic hydroxyl groups is 1. The van der Waals surface area contributed by atoms with E-state index < -0.39 is 17.5 Å². The summed E-state index contributed by atoms with van der Waals surface area (Å²) in [4.78, 5) is 12.2. The average Bonchev–Trinajstić information content (AvgIpc) is 2.96. The van der Waals surface area contributed by atoms with E-state index in [9.17, 15) is 18.7 Å². The van der Waals surface area contributed by atoms with E-state index >= 15 is 0 Å². The molecule has 0 aliphatic heterocycles. The number of nitrogens with zero attached hydrogens (tertiary/aromatic N) is 3. The van der Waals surface area contributed by atoms with Crippen molar-refractivity contribution in [1.29, 1.82) is 0 Å². The topological polar surface area (TPSA) is 80.0 Å². The third kappa shape index (κ3) is 3.36. The molecule has 1 amide bonds. The molecule has 0 spiro atoms. The minimum Gasteiger partial charge on any atom is -0.388 e. The molecule has 0 unspecified atom stereocenters. The highest BCUT2D eigenvalue weighted by Gasteiger charge is 2.35. The highest BCUT2D eigenvalue weighted by molar-refractivity contribution is 6.33. The lowest BCUT2D eigenvalue weighted by Gasteiger charge is -2.35. The van der Waals surface area contributed by atoms with Gasteiger partial charge in [0, 0.05) is 18.5 Å². The van der Waals surface area contributed by atoms with Crippen LogP contribution in [0.5, 0.6) is 0 Å². The predicted molar refractivity (Wildman–Crippen MR) is 86.2 cm³/mol. The van der Waals surface area contributed by atoms with Crippen LogP contribution in [0.3, 0.4) is 0 Å². The van der Waals surface area contributed by atoms with E-state index in [1.165, 1.54) is 0 Å². The van der Waals surface area contributed by atoms with Crippen LogP contribution in [-0.4, -0.2) is 31.8 Å². The molecule has 0 radical (unpaired) electrons. The van der Waals surface area contributed by atoms with Crippen molar-refractivity contribution in [3.05, 3.63) is 46.0 Å². The number of nitrogens with one attached hydrogen (secondary N) is 1. The van der Waals surface area contributed by atoms with Crippen molar-refractivity contribution in [1.82, 2.24) is 20.1 Å². The van der Waals surface area contributed by atoms with E-state index in [1.807, 2.05) is 11.5 Å². The fourth-order valence-corrected chi connectivity index (χ4v) is 3.26. The van der Waals surface area contributed by atoms with Crippen molar-refractivity contribution in [2.45, 2.75) is 44.9 Å². The molecule has 1 aliphatic rings. The smallest absolute Gasteiger partial charge is 0.253 e. The van der Waals surface area contributed by atoms with Gasteiger partial charge in [-0.2, -0.15) is 0 Å². The quantitative estimate of drug-likeness (QED) is 0.792. The molecule has 1 aliphatic carbocycles. The normalized spacial score (nSPS) is 19.6. The van der Waals surface area contributed by atoms with Gasteiger partial charge in [0.25, 0.3) is 5.91 Å². The second-order valence-electron chi connectivity index (χ2n) is 5.96. The summed E-state index contributed by atoms with van der Waals surface area (Å²) in [6.45, 7) is 2.41. The molecule has 1 saturated carbocycles. The number of aliphatic hydroxyl groups excluding tert-OH is 1. The fourth-order valence-electron chi connectivity index (χ4n) is 3.02. The molecule has 3 rings (SSSR count). The van der Waals surface area contributed by atoms with Gasteiger partial charge in [-0.3, -0.25) is 4.79 Å². The molecule has 0 bridgehead atoms. The van der Waals surface area contributed by atoms with Crippen LogP contribution in [-0.2, 0) is 13.2 Å². The molecule has 9 heteroatoms. The molecular formula is C16H17ClF2N4O2. The molecule has 2 N–H and O–H groups in total. The summed E-state index contributed by atoms with van der Waals surface area (Å²) in [5.41, 5.74) is -0.0942. The van der Waals surface area contributed by atoms with Crippen LogP contribution < -0.4 is 5.32 Å². The van der Waals surface area contributed by atoms with E-state index in [0.717, 1.165) is 18.0 Å². The summed E-state index contributed by atoms with van der Waals surface area (Å²) < 4.78 is 28.2. The van der Waals surface area contributed by atoms with Crippen LogP contribution in [0.15, 0.2) is 12.1 Å². The van der Waals surface area contributed by atoms with E-state index in [1.54, 1.807) is 0 Å². The summed E-state index contributed by atoms with van der Waals surface area (Å²) in [6.07, 6.45) is 1.30. The van der Waals surface area contributed by atoms with Crippen LogP contribution in [0.4, 0.5) is 8.78 Å². The Kier molecular flexibility index (Phi) is 5.01. The second-order valence-corrected chi connectivity index (χ2v) is 6.37. The number of hydrogen-bond donors (Lipinski definition) is 2. The van der Waals surface area contributed by atoms with E-state index in [4.69, 9.17) is 11.6 Å². The molecule has 134 valence electrons. The van der Waals surface area contributed by atoms with E-state index in [2.05, 4.69) is 15.5 Å². The minimum atomic E-state index is -1.12. The third-order valence-corrected chi connectivity index (χ3v) is 4.72. The highest BCUT2D eigenvalue weighted by atomic mass is 35.5. The Morgan fingerprint density at radius 2 is 2.04 bits per heavy atom. The Morgan fingerprint density at radius 3 is 2.68 bits per heavy atom. The molecule has 6 nitrogen and oxygen atoms in total. The molecule has 2 aromatic rings. The number of benzene rings is 1. The lowest BCUT2D eigenvalue weighted by molar-refractivity contribution is 0.0906. The van der Waals surface area contributed by atoms with Crippen LogP contribution in [0.25, 0.3) is 0 Å². The van der Waals surface area contributed by atoms with Gasteiger partial charge in [-0.1, -0.05) is 11.6 Å². The summed E-state index contributed by atoms with van der Waals surface area (Å²) in [5, 5.41) is 19.9. The second kappa shape index (κ2) is 7.05. The fraction of sp³-hybridized carbons (Fsp3) is 0.438. The van der Waals surface area contributed by atoms with Gasteiger partial charge in [0.05, 0.1) is 10.6 Å². The number of halogens is 3. The average molecular weight is 371 g/mol. The van der Waals surface area contributed by atoms with Gasteiger partial charge in [0.15, 0.2) is 17.5 Å². The van der Waals surface area contributed by atoms with E-state index in [-0.39, 0.29) is 29.2 Å². The Labute approximate surface area is 147 Å². The van der Waals surface area contributed by atoms with Crippen LogP contribution >= 0.6 is 11.6 Å². The maximum absolute atomic E-state index is 13.3. The van der Waals surface area contributed by atoms with E-state index in [0.29, 0.717) is 25.2 Å². The van der Waals surface area contributed by atoms with Crippen molar-refractivity contribution >= 4 is 17.5 Å². The molecular weight excluding hydrogens is 354 g/mol. The van der Waals surface area contributed by atoms with Crippen molar-refractivity contribution in [3.8, 4) is 0 Å². The monoisotopic (exact) mass is 370 g/mol. The van der Waals surface area contributed by atoms with Gasteiger partial charge in [-0.15, -0.1) is 10.2 Å². The first-order valence-corrected chi connectivity index (χ1v) is 8.30. The molecule has 0 saturated heterocycles. The highest BCUT2D eigenvalue weighted by Crippen LogP contribution is 2.36. The first kappa shape index (κ1) is 17.8. The Hall–Kier alpha value is -2.06. The predicted octanol–water partition coefficient (Wildman–Crippen LogP) is 2.40. The molecule has 1 aromatic carbocycles. The molecule has 0 atom stereocenters. The number of amides is 1. The molecule has 25 heavy (non-hydrogen) atoms. The van der Waals surface area contributed by atoms with Gasteiger partial charge >= 0.3 is 0 Å². The maximum atomic E-state index is 13.3. The van der Waals surface area contributed by atoms with Gasteiger partial charge in [0.2, 0.25) is 0 Å². The lowest BCUT2D eigenvalue weighted by atomic mass is 9.79. The van der Waals surface area contributed by atoms with Crippen molar-refractivity contribution in [2.24, 2.45) is 0 Å². The third-order valence-electron chi connectivity index (χ3n) is 4.41. The molecule has 1 aromatic heterocycles. The maximum Gasteiger partial charge on any atom is 0.253 e. The first-order chi connectivity index (χ1) is 11.9. The Morgan fingerprint density at radius 1 is 1.36 bits per heavy atom. The number of rotatable bonds is 5. The number of hydrogen-bond acceptors (Lipinski definition) is 4. The van der Waals surface area contributed by atoms with Crippen molar-refractivity contribution in [2.75, 3.05) is 0 Å². The van der Waals surface area contributed by atoms with Gasteiger partial charge in [-0.25, -0.2) is 8.78 Å². The van der Waals surface area contributed by atoms with Crippen LogP contribution in [0.2, 0.25) is 5.02 Å². The van der Waals surface area contributed by atoms with Gasteiger partial charge in [0.1, 0.15) is 12.4 Å². The zero-order valence-electron chi connectivity index (χ0n) is 13.5. The van der Waals surface area contributed by atoms with Crippen LogP contribution in [0.1, 0.15) is 47.7 Å². The van der Waals surface area contributed by atoms with Crippen LogP contribution in [0, 0.1) is 11.6 Å². The number of aromatic nitrogens is 3. The van der Waals surface area contributed by atoms with Crippen molar-refractivity contribution < 1.29 is 18.7 Å². The summed E-state index contributed by atoms with van der Waals surface area (Å²) in [7, 11) is 0. The SMILES string of the molecule is CCn1c(CO)nnc1C1CC(NC(=O)c2cc(F)c(F)cc2Cl)C1. The lowest BCUT2D eigenvalue weighted by Crippen LogP contribution is -2.44. The van der Waals surface area contributed by atoms with Crippen molar-refractivity contribution in [3.63, 3.8) is 0 Å². The Balaban J connectivity index is 1.63. The zero-order chi connectivity index (χ0) is 18.1. The molecule has 1 heterocycles. The standard InChI is InChI=1S/C16H17ClF2N4O2/c1-2-23-14(7-24)21-22-15(23)8-3-9(4-8)20-16(25)10-5-12(18)13(19)6-11(10)17/h5-6,8-9,24H,2-4,7H2,1H3,(H,20,25). The summed E-state index contributed by atoms with van der Waals surface area (Å²) in [5.74, 6) is -1.34. The summed E-state index contributed by atoms with van der Waals surface area (Å²) in [6, 6.07) is 1.47. The van der Waals surface area contributed by atoms with Gasteiger partial charge < -0.3 is 15.0 Å². The largest absolute Gasteiger partial charge is 0.388 e. The first-order valence-electron chi connectivity index (χ1n) is 7.92.